The first-order valence-electron chi connectivity index (χ1n) is 13.5. The van der Waals surface area contributed by atoms with E-state index in [1.807, 2.05) is 0 Å². The highest BCUT2D eigenvalue weighted by molar-refractivity contribution is 6.60. The topological polar surface area (TPSA) is 37.4 Å². The predicted molar refractivity (Wildman–Crippen MR) is 145 cm³/mol. The van der Waals surface area contributed by atoms with Gasteiger partial charge in [0.15, 0.2) is 0 Å². The highest BCUT2D eigenvalue weighted by Crippen LogP contribution is 2.43. The highest BCUT2D eigenvalue weighted by atomic mass is 28.4. The molecule has 33 heavy (non-hydrogen) atoms. The van der Waals surface area contributed by atoms with E-state index in [9.17, 15) is 0 Å². The fourth-order valence-corrected chi connectivity index (χ4v) is 7.60. The van der Waals surface area contributed by atoms with Gasteiger partial charge >= 0.3 is 8.80 Å². The van der Waals surface area contributed by atoms with Crippen LogP contribution in [0.5, 0.6) is 0 Å². The minimum atomic E-state index is -2.67. The van der Waals surface area contributed by atoms with Crippen molar-refractivity contribution in [1.29, 1.82) is 0 Å². The van der Waals surface area contributed by atoms with Crippen molar-refractivity contribution in [3.8, 4) is 0 Å². The molecule has 0 atom stereocenters. The molecule has 200 valence electrons. The van der Waals surface area contributed by atoms with Crippen LogP contribution in [0, 0.1) is 5.41 Å². The summed E-state index contributed by atoms with van der Waals surface area (Å²) in [6.07, 6.45) is 10.9. The molecule has 7 heteroatoms. The normalized spacial score (nSPS) is 13.1. The van der Waals surface area contributed by atoms with Gasteiger partial charge in [0.05, 0.1) is 0 Å². The molecule has 0 rings (SSSR count). The van der Waals surface area contributed by atoms with Crippen molar-refractivity contribution >= 4 is 8.80 Å². The van der Waals surface area contributed by atoms with Gasteiger partial charge in [-0.2, -0.15) is 0 Å². The van der Waals surface area contributed by atoms with Crippen LogP contribution < -0.4 is 0 Å². The summed E-state index contributed by atoms with van der Waals surface area (Å²) in [5.74, 6) is 0. The zero-order chi connectivity index (χ0) is 25.2. The van der Waals surface area contributed by atoms with Crippen LogP contribution in [0.2, 0.25) is 6.04 Å². The Morgan fingerprint density at radius 1 is 0.545 bits per heavy atom. The first-order chi connectivity index (χ1) is 15.8. The van der Waals surface area contributed by atoms with Gasteiger partial charge in [-0.25, -0.2) is 0 Å². The third-order valence-electron chi connectivity index (χ3n) is 7.08. The quantitative estimate of drug-likeness (QED) is 0.183. The average molecular weight is 490 g/mol. The summed E-state index contributed by atoms with van der Waals surface area (Å²) in [5.41, 5.74) is 0.196. The van der Waals surface area contributed by atoms with Crippen LogP contribution in [-0.2, 0) is 13.3 Å². The van der Waals surface area contributed by atoms with Crippen molar-refractivity contribution in [3.63, 3.8) is 0 Å². The molecule has 0 unspecified atom stereocenters. The monoisotopic (exact) mass is 489 g/mol. The molecule has 0 aliphatic heterocycles. The molecule has 0 aliphatic carbocycles. The van der Waals surface area contributed by atoms with Gasteiger partial charge in [-0.1, -0.05) is 20.8 Å². The van der Waals surface area contributed by atoms with Crippen LogP contribution in [0.1, 0.15) is 78.6 Å². The Hall–Kier alpha value is -0.0231. The summed E-state index contributed by atoms with van der Waals surface area (Å²) in [6.45, 7) is 13.8. The molecule has 0 aromatic rings. The Balaban J connectivity index is 5.56. The molecule has 0 aromatic carbocycles. The number of hydrogen-bond acceptors (Lipinski definition) is 6. The molecule has 0 radical (unpaired) electrons. The van der Waals surface area contributed by atoms with E-state index >= 15 is 0 Å². The smallest absolute Gasteiger partial charge is 0.377 e. The van der Waals surface area contributed by atoms with Crippen LogP contribution in [-0.4, -0.2) is 105 Å². The van der Waals surface area contributed by atoms with E-state index in [0.717, 1.165) is 25.7 Å². The first kappa shape index (κ1) is 33.0. The average Bonchev–Trinajstić information content (AvgIpc) is 2.78. The van der Waals surface area contributed by atoms with E-state index in [4.69, 9.17) is 13.3 Å². The Labute approximate surface area is 208 Å². The Morgan fingerprint density at radius 3 is 1.09 bits per heavy atom. The van der Waals surface area contributed by atoms with Crippen LogP contribution in [0.3, 0.4) is 0 Å². The maximum atomic E-state index is 5.95. The third-order valence-corrected chi connectivity index (χ3v) is 10.1. The van der Waals surface area contributed by atoms with Crippen LogP contribution in [0.25, 0.3) is 0 Å². The Bertz CT molecular complexity index is 399. The Kier molecular flexibility index (Phi) is 19.2. The van der Waals surface area contributed by atoms with Crippen molar-refractivity contribution < 1.29 is 13.3 Å². The Morgan fingerprint density at radius 2 is 0.848 bits per heavy atom. The fraction of sp³-hybridized carbons (Fsp3) is 1.00. The second-order valence-corrected chi connectivity index (χ2v) is 13.1. The van der Waals surface area contributed by atoms with Crippen molar-refractivity contribution in [3.05, 3.63) is 0 Å². The molecule has 0 saturated heterocycles. The lowest BCUT2D eigenvalue weighted by Gasteiger charge is -2.40. The molecule has 0 aliphatic rings. The van der Waals surface area contributed by atoms with E-state index in [1.165, 1.54) is 77.4 Å². The molecule has 0 saturated carbocycles. The van der Waals surface area contributed by atoms with Crippen LogP contribution in [0.15, 0.2) is 0 Å². The molecule has 0 bridgehead atoms. The fourth-order valence-electron chi connectivity index (χ4n) is 5.22. The zero-order valence-corrected chi connectivity index (χ0v) is 24.9. The second-order valence-electron chi connectivity index (χ2n) is 10.2. The zero-order valence-electron chi connectivity index (χ0n) is 23.9. The minimum absolute atomic E-state index is 0.196. The lowest BCUT2D eigenvalue weighted by Crippen LogP contribution is -2.48. The van der Waals surface area contributed by atoms with Gasteiger partial charge < -0.3 is 28.0 Å². The van der Waals surface area contributed by atoms with Gasteiger partial charge in [0, 0.05) is 27.4 Å². The molecule has 0 heterocycles. The minimum Gasteiger partial charge on any atom is -0.377 e. The number of nitrogens with zero attached hydrogens (tertiary/aromatic N) is 3. The summed E-state index contributed by atoms with van der Waals surface area (Å²) in [5, 5.41) is 0. The van der Waals surface area contributed by atoms with E-state index in [-0.39, 0.29) is 5.41 Å². The predicted octanol–water partition coefficient (Wildman–Crippen LogP) is 5.22. The number of hydrogen-bond donors (Lipinski definition) is 0. The summed E-state index contributed by atoms with van der Waals surface area (Å²) in [6, 6.07) is 0.913. The van der Waals surface area contributed by atoms with E-state index in [2.05, 4.69) is 56.6 Å². The molecule has 0 amide bonds. The molecule has 6 nitrogen and oxygen atoms in total. The van der Waals surface area contributed by atoms with Gasteiger partial charge in [0.2, 0.25) is 0 Å². The van der Waals surface area contributed by atoms with Crippen LogP contribution >= 0.6 is 0 Å². The van der Waals surface area contributed by atoms with Gasteiger partial charge in [-0.3, -0.25) is 0 Å². The van der Waals surface area contributed by atoms with Crippen molar-refractivity contribution in [2.24, 2.45) is 5.41 Å². The lowest BCUT2D eigenvalue weighted by atomic mass is 9.76. The maximum Gasteiger partial charge on any atom is 0.500 e. The number of rotatable bonds is 23. The third kappa shape index (κ3) is 14.2. The molecule has 0 fully saturated rings. The summed E-state index contributed by atoms with van der Waals surface area (Å²) in [4.78, 5) is 7.42. The molecular formula is C26H59N3O3Si. The molecule has 0 aromatic heterocycles. The summed E-state index contributed by atoms with van der Waals surface area (Å²) in [7, 11) is 9.39. The molecular weight excluding hydrogens is 430 g/mol. The van der Waals surface area contributed by atoms with E-state index in [0.29, 0.717) is 0 Å². The van der Waals surface area contributed by atoms with E-state index < -0.39 is 8.80 Å². The first-order valence-corrected chi connectivity index (χ1v) is 15.4. The summed E-state index contributed by atoms with van der Waals surface area (Å²) >= 11 is 0. The van der Waals surface area contributed by atoms with Crippen molar-refractivity contribution in [2.75, 3.05) is 81.7 Å². The maximum absolute atomic E-state index is 5.95. The second kappa shape index (κ2) is 19.2. The van der Waals surface area contributed by atoms with Gasteiger partial charge in [-0.05, 0) is 124 Å². The summed E-state index contributed by atoms with van der Waals surface area (Å²) < 4.78 is 17.9. The van der Waals surface area contributed by atoms with Crippen LogP contribution in [0.4, 0.5) is 0 Å². The van der Waals surface area contributed by atoms with Gasteiger partial charge in [0.25, 0.3) is 0 Å². The largest absolute Gasteiger partial charge is 0.500 e. The highest BCUT2D eigenvalue weighted by Gasteiger charge is 2.46. The van der Waals surface area contributed by atoms with Gasteiger partial charge in [0.1, 0.15) is 0 Å². The van der Waals surface area contributed by atoms with Gasteiger partial charge in [-0.15, -0.1) is 0 Å². The SMILES string of the molecule is CCCN(C)CCCC(CCCN(C)CCC)(CCCN(C)CCC)C[Si](OC)(OC)OC. The molecule has 0 spiro atoms. The lowest BCUT2D eigenvalue weighted by molar-refractivity contribution is 0.0914. The van der Waals surface area contributed by atoms with Crippen molar-refractivity contribution in [2.45, 2.75) is 84.6 Å². The van der Waals surface area contributed by atoms with Crippen molar-refractivity contribution in [1.82, 2.24) is 14.7 Å². The molecule has 0 N–H and O–H groups in total. The van der Waals surface area contributed by atoms with E-state index in [1.54, 1.807) is 21.3 Å². The standard InChI is InChI=1S/C26H59N3O3Si/c1-10-19-27(4)22-13-16-26(17-14-23-28(5)20-11-2,18-15-24-29(6)21-12-3)25-33(30-7,31-8)32-9/h10-25H2,1-9H3.